The minimum atomic E-state index is 0.351. The first-order valence-corrected chi connectivity index (χ1v) is 8.26. The van der Waals surface area contributed by atoms with E-state index in [0.29, 0.717) is 5.41 Å². The summed E-state index contributed by atoms with van der Waals surface area (Å²) in [5, 5.41) is 4.04. The number of hydrogen-bond donors (Lipinski definition) is 1. The molecular formula is C14H21N3S2. The largest absolute Gasteiger partial charge is 0.365 e. The number of aromatic nitrogens is 1. The van der Waals surface area contributed by atoms with E-state index in [1.165, 1.54) is 15.5 Å². The molecule has 0 fully saturated rings. The molecule has 5 heteroatoms. The molecule has 0 atom stereocenters. The van der Waals surface area contributed by atoms with Crippen LogP contribution in [0.25, 0.3) is 0 Å². The first-order chi connectivity index (χ1) is 8.96. The van der Waals surface area contributed by atoms with E-state index in [0.717, 1.165) is 23.7 Å². The molecular weight excluding hydrogens is 274 g/mol. The molecule has 0 unspecified atom stereocenters. The van der Waals surface area contributed by atoms with E-state index < -0.39 is 0 Å². The minimum Gasteiger partial charge on any atom is -0.365 e. The zero-order chi connectivity index (χ0) is 13.9. The maximum atomic E-state index is 4.55. The van der Waals surface area contributed by atoms with Crippen LogP contribution in [0.3, 0.4) is 0 Å². The summed E-state index contributed by atoms with van der Waals surface area (Å²) in [6.07, 6.45) is 6.17. The van der Waals surface area contributed by atoms with Gasteiger partial charge in [-0.05, 0) is 17.4 Å². The summed E-state index contributed by atoms with van der Waals surface area (Å²) in [6, 6.07) is 0. The van der Waals surface area contributed by atoms with Crippen LogP contribution in [-0.4, -0.2) is 23.5 Å². The lowest BCUT2D eigenvalue weighted by molar-refractivity contribution is 0.408. The Labute approximate surface area is 123 Å². The van der Waals surface area contributed by atoms with Crippen molar-refractivity contribution in [3.63, 3.8) is 0 Å². The normalized spacial score (nSPS) is 15.4. The van der Waals surface area contributed by atoms with Crippen molar-refractivity contribution in [2.45, 2.75) is 37.8 Å². The van der Waals surface area contributed by atoms with E-state index in [1.807, 2.05) is 25.0 Å². The molecule has 2 rings (SSSR count). The van der Waals surface area contributed by atoms with E-state index in [-0.39, 0.29) is 0 Å². The van der Waals surface area contributed by atoms with Crippen molar-refractivity contribution >= 4 is 33.9 Å². The number of thiazole rings is 1. The standard InChI is InChI=1S/C14H21N3S2/c1-14(2,3)6-10-5-11(16-7-10)9-18-12-8-17-13(15-4)19-12/h7-8H,5-6,9H2,1-4H3,(H,15,17). The first kappa shape index (κ1) is 14.6. The fourth-order valence-corrected chi connectivity index (χ4v) is 3.78. The number of anilines is 1. The summed E-state index contributed by atoms with van der Waals surface area (Å²) < 4.78 is 1.25. The highest BCUT2D eigenvalue weighted by molar-refractivity contribution is 8.01. The Kier molecular flexibility index (Phi) is 4.68. The highest BCUT2D eigenvalue weighted by atomic mass is 32.2. The smallest absolute Gasteiger partial charge is 0.183 e. The lowest BCUT2D eigenvalue weighted by Gasteiger charge is -2.18. The van der Waals surface area contributed by atoms with Crippen molar-refractivity contribution in [3.8, 4) is 0 Å². The number of allylic oxidation sites excluding steroid dienone is 1. The maximum Gasteiger partial charge on any atom is 0.183 e. The summed E-state index contributed by atoms with van der Waals surface area (Å²) in [4.78, 5) is 8.82. The Morgan fingerprint density at radius 2 is 2.21 bits per heavy atom. The van der Waals surface area contributed by atoms with Gasteiger partial charge in [-0.1, -0.05) is 32.1 Å². The van der Waals surface area contributed by atoms with E-state index in [9.17, 15) is 0 Å². The second-order valence-corrected chi connectivity index (χ2v) is 8.23. The second-order valence-electron chi connectivity index (χ2n) is 5.92. The van der Waals surface area contributed by atoms with Crippen molar-refractivity contribution < 1.29 is 0 Å². The predicted octanol–water partition coefficient (Wildman–Crippen LogP) is 4.44. The van der Waals surface area contributed by atoms with Crippen molar-refractivity contribution in [2.24, 2.45) is 10.4 Å². The topological polar surface area (TPSA) is 37.3 Å². The SMILES string of the molecule is CNc1ncc(SCC2=NC=C(CC(C)(C)C)C2)s1. The zero-order valence-corrected chi connectivity index (χ0v) is 13.6. The van der Waals surface area contributed by atoms with E-state index in [2.05, 4.69) is 42.3 Å². The Morgan fingerprint density at radius 3 is 2.84 bits per heavy atom. The van der Waals surface area contributed by atoms with Crippen molar-refractivity contribution in [2.75, 3.05) is 18.1 Å². The van der Waals surface area contributed by atoms with Gasteiger partial charge in [0.2, 0.25) is 0 Å². The molecule has 0 bridgehead atoms. The van der Waals surface area contributed by atoms with Crippen LogP contribution in [-0.2, 0) is 0 Å². The van der Waals surface area contributed by atoms with Gasteiger partial charge in [0, 0.05) is 31.1 Å². The third-order valence-corrected chi connectivity index (χ3v) is 4.98. The number of rotatable bonds is 5. The van der Waals surface area contributed by atoms with Crippen molar-refractivity contribution in [3.05, 3.63) is 18.0 Å². The molecule has 1 aromatic rings. The van der Waals surface area contributed by atoms with Crippen LogP contribution < -0.4 is 5.32 Å². The lowest BCUT2D eigenvalue weighted by Crippen LogP contribution is -2.07. The second kappa shape index (κ2) is 6.09. The van der Waals surface area contributed by atoms with Gasteiger partial charge >= 0.3 is 0 Å². The van der Waals surface area contributed by atoms with Crippen LogP contribution in [0.2, 0.25) is 0 Å². The average molecular weight is 295 g/mol. The number of hydrogen-bond acceptors (Lipinski definition) is 5. The van der Waals surface area contributed by atoms with Gasteiger partial charge in [-0.2, -0.15) is 0 Å². The summed E-state index contributed by atoms with van der Waals surface area (Å²) in [6.45, 7) is 6.82. The maximum absolute atomic E-state index is 4.55. The Balaban J connectivity index is 1.77. The van der Waals surface area contributed by atoms with Gasteiger partial charge in [-0.15, -0.1) is 11.8 Å². The molecule has 1 aliphatic heterocycles. The molecule has 0 radical (unpaired) electrons. The fraction of sp³-hybridized carbons (Fsp3) is 0.571. The molecule has 0 aliphatic carbocycles. The van der Waals surface area contributed by atoms with Crippen LogP contribution in [0.15, 0.2) is 27.2 Å². The van der Waals surface area contributed by atoms with Crippen LogP contribution in [0, 0.1) is 5.41 Å². The highest BCUT2D eigenvalue weighted by Crippen LogP contribution is 2.32. The summed E-state index contributed by atoms with van der Waals surface area (Å²) in [5.41, 5.74) is 3.09. The number of aliphatic imine (C=N–C) groups is 1. The van der Waals surface area contributed by atoms with Crippen molar-refractivity contribution in [1.29, 1.82) is 0 Å². The Hall–Kier alpha value is -0.810. The van der Waals surface area contributed by atoms with Crippen LogP contribution in [0.5, 0.6) is 0 Å². The number of thioether (sulfide) groups is 1. The fourth-order valence-electron chi connectivity index (χ4n) is 2.01. The molecule has 1 aromatic heterocycles. The molecule has 19 heavy (non-hydrogen) atoms. The lowest BCUT2D eigenvalue weighted by atomic mass is 9.87. The average Bonchev–Trinajstić information content (AvgIpc) is 2.93. The van der Waals surface area contributed by atoms with Crippen LogP contribution >= 0.6 is 23.1 Å². The molecule has 3 nitrogen and oxygen atoms in total. The van der Waals surface area contributed by atoms with E-state index >= 15 is 0 Å². The molecule has 0 saturated heterocycles. The molecule has 0 amide bonds. The van der Waals surface area contributed by atoms with Gasteiger partial charge in [0.15, 0.2) is 5.13 Å². The zero-order valence-electron chi connectivity index (χ0n) is 12.0. The molecule has 2 heterocycles. The molecule has 104 valence electrons. The number of nitrogens with zero attached hydrogens (tertiary/aromatic N) is 2. The van der Waals surface area contributed by atoms with E-state index in [1.54, 1.807) is 11.3 Å². The van der Waals surface area contributed by atoms with Crippen molar-refractivity contribution in [1.82, 2.24) is 4.98 Å². The quantitative estimate of drug-likeness (QED) is 0.816. The summed E-state index contributed by atoms with van der Waals surface area (Å²) in [7, 11) is 1.90. The number of nitrogens with one attached hydrogen (secondary N) is 1. The molecule has 0 saturated carbocycles. The molecule has 0 spiro atoms. The van der Waals surface area contributed by atoms with Gasteiger partial charge in [0.25, 0.3) is 0 Å². The summed E-state index contributed by atoms with van der Waals surface area (Å²) in [5.74, 6) is 0.968. The van der Waals surface area contributed by atoms with Crippen LogP contribution in [0.1, 0.15) is 33.6 Å². The molecule has 0 aromatic carbocycles. The molecule has 1 N–H and O–H groups in total. The van der Waals surface area contributed by atoms with Crippen LogP contribution in [0.4, 0.5) is 5.13 Å². The van der Waals surface area contributed by atoms with Gasteiger partial charge in [-0.25, -0.2) is 4.98 Å². The summed E-state index contributed by atoms with van der Waals surface area (Å²) >= 11 is 3.52. The predicted molar refractivity (Wildman–Crippen MR) is 86.6 cm³/mol. The van der Waals surface area contributed by atoms with Gasteiger partial charge in [0.05, 0.1) is 10.4 Å². The van der Waals surface area contributed by atoms with Gasteiger partial charge in [0.1, 0.15) is 0 Å². The third-order valence-electron chi connectivity index (χ3n) is 2.70. The molecule has 1 aliphatic rings. The first-order valence-electron chi connectivity index (χ1n) is 6.46. The third kappa shape index (κ3) is 4.66. The Morgan fingerprint density at radius 1 is 1.42 bits per heavy atom. The minimum absolute atomic E-state index is 0.351. The highest BCUT2D eigenvalue weighted by Gasteiger charge is 2.18. The Bertz CT molecular complexity index is 495. The van der Waals surface area contributed by atoms with Gasteiger partial charge in [-0.3, -0.25) is 4.99 Å². The monoisotopic (exact) mass is 295 g/mol. The van der Waals surface area contributed by atoms with E-state index in [4.69, 9.17) is 0 Å². The van der Waals surface area contributed by atoms with Gasteiger partial charge < -0.3 is 5.32 Å².